The van der Waals surface area contributed by atoms with Crippen molar-refractivity contribution in [2.24, 2.45) is 34.5 Å². The van der Waals surface area contributed by atoms with Crippen LogP contribution in [0.15, 0.2) is 11.6 Å². The lowest BCUT2D eigenvalue weighted by Gasteiger charge is -2.56. The molecular formula is C23H34N2O3. The van der Waals surface area contributed by atoms with Gasteiger partial charge < -0.3 is 9.80 Å². The second-order valence-electron chi connectivity index (χ2n) is 10.4. The van der Waals surface area contributed by atoms with Crippen LogP contribution in [-0.4, -0.2) is 55.1 Å². The minimum absolute atomic E-state index is 0.00177. The number of allylic oxidation sites excluding steroid dienone is 1. The zero-order chi connectivity index (χ0) is 20.4. The monoisotopic (exact) mass is 386 g/mol. The van der Waals surface area contributed by atoms with E-state index in [0.29, 0.717) is 30.6 Å². The average molecular weight is 387 g/mol. The molecule has 4 aliphatic rings. The van der Waals surface area contributed by atoms with E-state index < -0.39 is 0 Å². The summed E-state index contributed by atoms with van der Waals surface area (Å²) >= 11 is 0. The fourth-order valence-corrected chi connectivity index (χ4v) is 7.22. The molecule has 5 heteroatoms. The third-order valence-electron chi connectivity index (χ3n) is 8.80. The second kappa shape index (κ2) is 6.43. The van der Waals surface area contributed by atoms with Gasteiger partial charge in [-0.15, -0.1) is 0 Å². The Hall–Kier alpha value is -1.65. The van der Waals surface area contributed by atoms with Crippen molar-refractivity contribution in [3.8, 4) is 0 Å². The average Bonchev–Trinajstić information content (AvgIpc) is 2.91. The quantitative estimate of drug-likeness (QED) is 0.696. The number of fused-ring (bicyclic) bond motifs is 5. The van der Waals surface area contributed by atoms with E-state index in [4.69, 9.17) is 0 Å². The zero-order valence-corrected chi connectivity index (χ0v) is 18.0. The summed E-state index contributed by atoms with van der Waals surface area (Å²) < 4.78 is 0. The molecule has 0 bridgehead atoms. The molecule has 0 aromatic heterocycles. The number of hydrogen-bond donors (Lipinski definition) is 0. The van der Waals surface area contributed by atoms with Crippen LogP contribution in [0.2, 0.25) is 0 Å². The van der Waals surface area contributed by atoms with E-state index in [1.807, 2.05) is 27.2 Å². The molecule has 2 amide bonds. The molecule has 0 aromatic rings. The Morgan fingerprint density at radius 1 is 1.18 bits per heavy atom. The molecule has 1 heterocycles. The van der Waals surface area contributed by atoms with Gasteiger partial charge in [-0.05, 0) is 49.4 Å². The Morgan fingerprint density at radius 3 is 2.57 bits per heavy atom. The number of likely N-dealkylation sites (N-methyl/N-ethyl adjacent to an activating group) is 1. The van der Waals surface area contributed by atoms with Crippen molar-refractivity contribution in [3.05, 3.63) is 11.6 Å². The second-order valence-corrected chi connectivity index (χ2v) is 10.4. The molecule has 1 aliphatic heterocycles. The highest BCUT2D eigenvalue weighted by Crippen LogP contribution is 2.65. The molecule has 0 aromatic carbocycles. The number of hydrogen-bond acceptors (Lipinski definition) is 3. The van der Waals surface area contributed by atoms with Crippen LogP contribution in [0.5, 0.6) is 0 Å². The molecule has 0 N–H and O–H groups in total. The molecule has 6 unspecified atom stereocenters. The van der Waals surface area contributed by atoms with Crippen molar-refractivity contribution in [1.82, 2.24) is 9.80 Å². The van der Waals surface area contributed by atoms with Crippen molar-refractivity contribution in [1.29, 1.82) is 0 Å². The molecule has 0 saturated heterocycles. The number of carbonyl (C=O) groups excluding carboxylic acids is 3. The summed E-state index contributed by atoms with van der Waals surface area (Å²) in [4.78, 5) is 42.3. The summed E-state index contributed by atoms with van der Waals surface area (Å²) in [7, 11) is 5.50. The number of Topliss-reactive ketones (excluding diaryl/α,β-unsaturated/α-hetero) is 1. The van der Waals surface area contributed by atoms with E-state index in [9.17, 15) is 14.4 Å². The number of carbonyl (C=O) groups is 3. The van der Waals surface area contributed by atoms with Crippen LogP contribution < -0.4 is 0 Å². The van der Waals surface area contributed by atoms with E-state index in [1.54, 1.807) is 9.80 Å². The van der Waals surface area contributed by atoms with E-state index in [-0.39, 0.29) is 34.5 Å². The van der Waals surface area contributed by atoms with E-state index in [2.05, 4.69) is 13.8 Å². The topological polar surface area (TPSA) is 57.7 Å². The Labute approximate surface area is 168 Å². The Balaban J connectivity index is 1.70. The maximum Gasteiger partial charge on any atom is 0.246 e. The molecule has 3 saturated carbocycles. The van der Waals surface area contributed by atoms with Crippen LogP contribution >= 0.6 is 0 Å². The van der Waals surface area contributed by atoms with Crippen molar-refractivity contribution < 1.29 is 14.4 Å². The first-order valence-electron chi connectivity index (χ1n) is 10.8. The lowest BCUT2D eigenvalue weighted by atomic mass is 9.47. The molecule has 6 atom stereocenters. The third kappa shape index (κ3) is 2.61. The van der Waals surface area contributed by atoms with Crippen LogP contribution in [0.3, 0.4) is 0 Å². The largest absolute Gasteiger partial charge is 0.349 e. The summed E-state index contributed by atoms with van der Waals surface area (Å²) in [5, 5.41) is 0. The molecule has 5 nitrogen and oxygen atoms in total. The van der Waals surface area contributed by atoms with Crippen molar-refractivity contribution in [2.45, 2.75) is 52.4 Å². The van der Waals surface area contributed by atoms with Gasteiger partial charge in [0.05, 0.1) is 0 Å². The van der Waals surface area contributed by atoms with Crippen LogP contribution in [-0.2, 0) is 14.4 Å². The molecule has 3 aliphatic carbocycles. The van der Waals surface area contributed by atoms with Crippen LogP contribution in [0, 0.1) is 34.5 Å². The molecule has 4 rings (SSSR count). The maximum atomic E-state index is 13.6. The molecule has 28 heavy (non-hydrogen) atoms. The maximum absolute atomic E-state index is 13.6. The predicted molar refractivity (Wildman–Crippen MR) is 107 cm³/mol. The number of nitrogens with zero attached hydrogens (tertiary/aromatic N) is 2. The zero-order valence-electron chi connectivity index (χ0n) is 18.0. The Kier molecular flexibility index (Phi) is 4.51. The van der Waals surface area contributed by atoms with Gasteiger partial charge >= 0.3 is 0 Å². The molecule has 154 valence electrons. The molecule has 0 spiro atoms. The normalized spacial score (nSPS) is 42.9. The van der Waals surface area contributed by atoms with Crippen LogP contribution in [0.25, 0.3) is 0 Å². The highest BCUT2D eigenvalue weighted by Gasteiger charge is 2.63. The first-order chi connectivity index (χ1) is 13.1. The Morgan fingerprint density at radius 2 is 1.89 bits per heavy atom. The van der Waals surface area contributed by atoms with Crippen LogP contribution in [0.4, 0.5) is 0 Å². The Bertz CT molecular complexity index is 757. The predicted octanol–water partition coefficient (Wildman–Crippen LogP) is 2.90. The van der Waals surface area contributed by atoms with Crippen molar-refractivity contribution >= 4 is 17.6 Å². The lowest BCUT2D eigenvalue weighted by molar-refractivity contribution is -0.150. The summed E-state index contributed by atoms with van der Waals surface area (Å²) in [6.07, 6.45) is 7.00. The fraction of sp³-hybridized carbons (Fsp3) is 0.783. The fourth-order valence-electron chi connectivity index (χ4n) is 7.22. The van der Waals surface area contributed by atoms with Crippen molar-refractivity contribution in [2.75, 3.05) is 27.7 Å². The number of amides is 2. The summed E-state index contributed by atoms with van der Waals surface area (Å²) in [6, 6.07) is 0. The first-order valence-corrected chi connectivity index (χ1v) is 10.8. The molecular weight excluding hydrogens is 352 g/mol. The number of rotatable bonds is 1. The van der Waals surface area contributed by atoms with Gasteiger partial charge in [0.1, 0.15) is 5.78 Å². The van der Waals surface area contributed by atoms with Gasteiger partial charge in [-0.25, -0.2) is 0 Å². The van der Waals surface area contributed by atoms with E-state index in [1.165, 1.54) is 5.57 Å². The number of ketones is 1. The van der Waals surface area contributed by atoms with Gasteiger partial charge in [-0.1, -0.05) is 19.4 Å². The van der Waals surface area contributed by atoms with Crippen LogP contribution in [0.1, 0.15) is 52.4 Å². The van der Waals surface area contributed by atoms with E-state index in [0.717, 1.165) is 32.1 Å². The SMILES string of the molecule is CN(C)C(=O)C1CCC2C3CCC4=CC(=O)N(C)CCC4(C)C3C(=O)CC12C. The van der Waals surface area contributed by atoms with Gasteiger partial charge in [0.15, 0.2) is 0 Å². The standard InChI is InChI=1S/C23H34N2O3/c1-22-10-11-25(5)19(27)12-14(22)6-7-15-16-8-9-17(21(28)24(3)4)23(16,2)13-18(26)20(15)22/h12,15-17,20H,6-11,13H2,1-5H3. The minimum Gasteiger partial charge on any atom is -0.349 e. The summed E-state index contributed by atoms with van der Waals surface area (Å²) in [6.45, 7) is 5.12. The summed E-state index contributed by atoms with van der Waals surface area (Å²) in [5.41, 5.74) is 0.749. The molecule has 3 fully saturated rings. The van der Waals surface area contributed by atoms with Gasteiger partial charge in [0.25, 0.3) is 0 Å². The minimum atomic E-state index is -0.217. The van der Waals surface area contributed by atoms with Gasteiger partial charge in [0.2, 0.25) is 11.8 Å². The third-order valence-corrected chi connectivity index (χ3v) is 8.80. The highest BCUT2D eigenvalue weighted by molar-refractivity contribution is 5.90. The lowest BCUT2D eigenvalue weighted by Crippen LogP contribution is -2.55. The van der Waals surface area contributed by atoms with Gasteiger partial charge in [0, 0.05) is 57.4 Å². The highest BCUT2D eigenvalue weighted by atomic mass is 16.2. The van der Waals surface area contributed by atoms with E-state index >= 15 is 0 Å². The smallest absolute Gasteiger partial charge is 0.246 e. The summed E-state index contributed by atoms with van der Waals surface area (Å²) in [5.74, 6) is 1.31. The van der Waals surface area contributed by atoms with Gasteiger partial charge in [-0.3, -0.25) is 14.4 Å². The van der Waals surface area contributed by atoms with Gasteiger partial charge in [-0.2, -0.15) is 0 Å². The first kappa shape index (κ1) is 19.7. The van der Waals surface area contributed by atoms with Crippen molar-refractivity contribution in [3.63, 3.8) is 0 Å². The molecule has 0 radical (unpaired) electrons.